The Morgan fingerprint density at radius 2 is 2.10 bits per heavy atom. The number of nitrogens with zero attached hydrogens (tertiary/aromatic N) is 2. The molecule has 1 aromatic heterocycles. The monoisotopic (exact) mass is 314 g/mol. The van der Waals surface area contributed by atoms with Crippen LogP contribution in [0, 0.1) is 12.8 Å². The maximum atomic E-state index is 12.9. The van der Waals surface area contributed by atoms with E-state index in [1.54, 1.807) is 4.31 Å². The third kappa shape index (κ3) is 3.46. The summed E-state index contributed by atoms with van der Waals surface area (Å²) in [4.78, 5) is 0. The Kier molecular flexibility index (Phi) is 5.40. The number of aromatic nitrogens is 2. The van der Waals surface area contributed by atoms with Gasteiger partial charge >= 0.3 is 0 Å². The quantitative estimate of drug-likeness (QED) is 0.764. The Morgan fingerprint density at radius 3 is 2.62 bits per heavy atom. The van der Waals surface area contributed by atoms with Crippen LogP contribution in [0.3, 0.4) is 0 Å². The van der Waals surface area contributed by atoms with E-state index in [0.29, 0.717) is 25.6 Å². The van der Waals surface area contributed by atoms with Gasteiger partial charge in [0.25, 0.3) is 10.0 Å². The average Bonchev–Trinajstić information content (AvgIpc) is 2.77. The molecule has 0 unspecified atom stereocenters. The van der Waals surface area contributed by atoms with Crippen molar-refractivity contribution in [3.8, 4) is 0 Å². The number of aromatic amines is 1. The van der Waals surface area contributed by atoms with Crippen LogP contribution in [0.25, 0.3) is 0 Å². The van der Waals surface area contributed by atoms with Gasteiger partial charge in [-0.3, -0.25) is 5.10 Å². The van der Waals surface area contributed by atoms with Crippen molar-refractivity contribution in [1.82, 2.24) is 19.8 Å². The highest BCUT2D eigenvalue weighted by molar-refractivity contribution is 7.89. The summed E-state index contributed by atoms with van der Waals surface area (Å²) in [6, 6.07) is 0. The Bertz CT molecular complexity index is 564. The molecule has 1 heterocycles. The molecule has 1 fully saturated rings. The van der Waals surface area contributed by atoms with Crippen molar-refractivity contribution in [2.24, 2.45) is 5.92 Å². The lowest BCUT2D eigenvalue weighted by Gasteiger charge is -2.30. The number of rotatable bonds is 8. The first-order valence-corrected chi connectivity index (χ1v) is 9.19. The molecule has 21 heavy (non-hydrogen) atoms. The van der Waals surface area contributed by atoms with Crippen molar-refractivity contribution in [2.75, 3.05) is 19.6 Å². The van der Waals surface area contributed by atoms with Gasteiger partial charge < -0.3 is 5.32 Å². The van der Waals surface area contributed by atoms with Crippen LogP contribution >= 0.6 is 0 Å². The van der Waals surface area contributed by atoms with E-state index in [1.165, 1.54) is 6.42 Å². The van der Waals surface area contributed by atoms with Crippen LogP contribution in [0.4, 0.5) is 0 Å². The second-order valence-electron chi connectivity index (χ2n) is 5.67. The fourth-order valence-electron chi connectivity index (χ4n) is 2.58. The molecule has 7 heteroatoms. The fraction of sp³-hybridized carbons (Fsp3) is 0.786. The zero-order valence-corrected chi connectivity index (χ0v) is 14.0. The van der Waals surface area contributed by atoms with Gasteiger partial charge in [-0.1, -0.05) is 20.3 Å². The number of H-pyrrole nitrogens is 1. The van der Waals surface area contributed by atoms with Crippen LogP contribution in [-0.4, -0.2) is 42.6 Å². The van der Waals surface area contributed by atoms with Crippen LogP contribution in [-0.2, 0) is 16.6 Å². The molecule has 1 saturated carbocycles. The molecular formula is C14H26N4O2S. The molecule has 0 saturated heterocycles. The largest absolute Gasteiger partial charge is 0.313 e. The Hall–Kier alpha value is -0.920. The first kappa shape index (κ1) is 16.5. The lowest BCUT2D eigenvalue weighted by Crippen LogP contribution is -2.38. The van der Waals surface area contributed by atoms with E-state index in [0.717, 1.165) is 30.6 Å². The summed E-state index contributed by atoms with van der Waals surface area (Å²) >= 11 is 0. The fourth-order valence-corrected chi connectivity index (χ4v) is 4.27. The Labute approximate surface area is 127 Å². The lowest BCUT2D eigenvalue weighted by atomic mass is 9.85. The van der Waals surface area contributed by atoms with Crippen molar-refractivity contribution in [3.63, 3.8) is 0 Å². The van der Waals surface area contributed by atoms with Gasteiger partial charge in [-0.2, -0.15) is 9.40 Å². The van der Waals surface area contributed by atoms with E-state index in [1.807, 2.05) is 20.8 Å². The van der Waals surface area contributed by atoms with E-state index in [2.05, 4.69) is 15.5 Å². The highest BCUT2D eigenvalue weighted by atomic mass is 32.2. The summed E-state index contributed by atoms with van der Waals surface area (Å²) < 4.78 is 27.3. The van der Waals surface area contributed by atoms with Crippen LogP contribution in [0.1, 0.15) is 44.4 Å². The Morgan fingerprint density at radius 1 is 1.38 bits per heavy atom. The van der Waals surface area contributed by atoms with Gasteiger partial charge in [-0.05, 0) is 32.2 Å². The van der Waals surface area contributed by atoms with Crippen LogP contribution in [0.2, 0.25) is 0 Å². The predicted molar refractivity (Wildman–Crippen MR) is 82.5 cm³/mol. The van der Waals surface area contributed by atoms with Gasteiger partial charge in [0, 0.05) is 30.9 Å². The zero-order valence-electron chi connectivity index (χ0n) is 13.1. The molecule has 6 nitrogen and oxygen atoms in total. The van der Waals surface area contributed by atoms with Crippen molar-refractivity contribution in [2.45, 2.75) is 51.6 Å². The Balaban J connectivity index is 2.24. The highest BCUT2D eigenvalue weighted by Crippen LogP contribution is 2.29. The molecule has 1 aromatic rings. The number of nitrogens with one attached hydrogen (secondary N) is 2. The van der Waals surface area contributed by atoms with E-state index in [9.17, 15) is 8.42 Å². The number of aryl methyl sites for hydroxylation is 1. The highest BCUT2D eigenvalue weighted by Gasteiger charge is 2.32. The predicted octanol–water partition coefficient (Wildman–Crippen LogP) is 1.64. The molecule has 2 N–H and O–H groups in total. The molecule has 1 aliphatic rings. The van der Waals surface area contributed by atoms with Gasteiger partial charge in [0.1, 0.15) is 0 Å². The lowest BCUT2D eigenvalue weighted by molar-refractivity contribution is 0.249. The van der Waals surface area contributed by atoms with Crippen LogP contribution in [0.15, 0.2) is 5.03 Å². The first-order valence-electron chi connectivity index (χ1n) is 7.75. The molecule has 1 aliphatic carbocycles. The molecule has 0 radical (unpaired) electrons. The van der Waals surface area contributed by atoms with E-state index < -0.39 is 10.0 Å². The van der Waals surface area contributed by atoms with Gasteiger partial charge in [0.05, 0.1) is 0 Å². The number of hydrogen-bond acceptors (Lipinski definition) is 4. The number of sulfonamides is 1. The minimum absolute atomic E-state index is 0.183. The second kappa shape index (κ2) is 6.89. The summed E-state index contributed by atoms with van der Waals surface area (Å²) in [5.41, 5.74) is 1.57. The summed E-state index contributed by atoms with van der Waals surface area (Å²) in [5.74, 6) is 0.511. The maximum absolute atomic E-state index is 12.9. The first-order chi connectivity index (χ1) is 10.0. The topological polar surface area (TPSA) is 78.1 Å². The van der Waals surface area contributed by atoms with Crippen molar-refractivity contribution >= 4 is 10.0 Å². The van der Waals surface area contributed by atoms with Crippen molar-refractivity contribution in [3.05, 3.63) is 11.3 Å². The van der Waals surface area contributed by atoms with Crippen molar-refractivity contribution in [1.29, 1.82) is 0 Å². The molecular weight excluding hydrogens is 288 g/mol. The zero-order chi connectivity index (χ0) is 15.5. The standard InChI is InChI=1S/C14H26N4O2S/c1-4-15-9-13-11(3)16-17-14(13)21(19,20)18(5-2)10-12-7-6-8-12/h12,15H,4-10H2,1-3H3,(H,16,17). The minimum atomic E-state index is -3.51. The summed E-state index contributed by atoms with van der Waals surface area (Å²) in [5, 5.41) is 10.2. The summed E-state index contributed by atoms with van der Waals surface area (Å²) in [7, 11) is -3.51. The SMILES string of the molecule is CCNCc1c(S(=O)(=O)N(CC)CC2CCC2)n[nH]c1C. The number of hydrogen-bond donors (Lipinski definition) is 2. The van der Waals surface area contributed by atoms with Crippen LogP contribution < -0.4 is 5.32 Å². The third-order valence-corrected chi connectivity index (χ3v) is 6.12. The normalized spacial score (nSPS) is 16.4. The molecule has 120 valence electrons. The molecule has 0 aromatic carbocycles. The van der Waals surface area contributed by atoms with Crippen molar-refractivity contribution < 1.29 is 8.42 Å². The molecule has 0 atom stereocenters. The third-order valence-electron chi connectivity index (χ3n) is 4.21. The average molecular weight is 314 g/mol. The van der Waals surface area contributed by atoms with Crippen LogP contribution in [0.5, 0.6) is 0 Å². The molecule has 2 rings (SSSR count). The summed E-state index contributed by atoms with van der Waals surface area (Å²) in [6.45, 7) is 8.17. The van der Waals surface area contributed by atoms with E-state index in [4.69, 9.17) is 0 Å². The smallest absolute Gasteiger partial charge is 0.262 e. The van der Waals surface area contributed by atoms with Gasteiger partial charge in [-0.25, -0.2) is 8.42 Å². The molecule has 0 bridgehead atoms. The minimum Gasteiger partial charge on any atom is -0.313 e. The molecule has 0 aliphatic heterocycles. The molecule has 0 spiro atoms. The maximum Gasteiger partial charge on any atom is 0.262 e. The molecule has 0 amide bonds. The van der Waals surface area contributed by atoms with E-state index >= 15 is 0 Å². The second-order valence-corrected chi connectivity index (χ2v) is 7.52. The van der Waals surface area contributed by atoms with Gasteiger partial charge in [-0.15, -0.1) is 0 Å². The van der Waals surface area contributed by atoms with E-state index in [-0.39, 0.29) is 5.03 Å². The van der Waals surface area contributed by atoms with Gasteiger partial charge in [0.2, 0.25) is 0 Å². The summed E-state index contributed by atoms with van der Waals surface area (Å²) in [6.07, 6.45) is 3.49. The van der Waals surface area contributed by atoms with Gasteiger partial charge in [0.15, 0.2) is 5.03 Å².